The molecule has 0 spiro atoms. The zero-order chi connectivity index (χ0) is 26.1. The van der Waals surface area contributed by atoms with Crippen LogP contribution in [0.5, 0.6) is 5.75 Å². The number of methoxy groups -OCH3 is 1. The summed E-state index contributed by atoms with van der Waals surface area (Å²) < 4.78 is 18.6. The highest BCUT2D eigenvalue weighted by Gasteiger charge is 2.33. The number of esters is 2. The Labute approximate surface area is 228 Å². The molecular formula is C27H19IN2O6S. The van der Waals surface area contributed by atoms with E-state index in [1.165, 1.54) is 35.3 Å². The molecule has 0 fully saturated rings. The number of ether oxygens (including phenoxy) is 2. The van der Waals surface area contributed by atoms with Crippen molar-refractivity contribution < 1.29 is 23.5 Å². The molecule has 5 rings (SSSR count). The predicted octanol–water partition coefficient (Wildman–Crippen LogP) is 3.83. The molecule has 186 valence electrons. The van der Waals surface area contributed by atoms with Crippen molar-refractivity contribution in [2.45, 2.75) is 13.0 Å². The Balaban J connectivity index is 1.58. The number of halogens is 1. The lowest BCUT2D eigenvalue weighted by molar-refractivity contribution is -0.136. The number of allylic oxidation sites excluding steroid dienone is 1. The predicted molar refractivity (Wildman–Crippen MR) is 145 cm³/mol. The molecule has 2 aromatic heterocycles. The van der Waals surface area contributed by atoms with Gasteiger partial charge >= 0.3 is 11.9 Å². The van der Waals surface area contributed by atoms with E-state index in [2.05, 4.69) is 27.6 Å². The van der Waals surface area contributed by atoms with Crippen LogP contribution in [0.1, 0.15) is 34.6 Å². The number of fused-ring (bicyclic) bond motifs is 1. The van der Waals surface area contributed by atoms with Gasteiger partial charge in [0.1, 0.15) is 5.75 Å². The molecular weight excluding hydrogens is 607 g/mol. The van der Waals surface area contributed by atoms with Crippen molar-refractivity contribution in [3.05, 3.63) is 118 Å². The van der Waals surface area contributed by atoms with E-state index >= 15 is 0 Å². The van der Waals surface area contributed by atoms with Gasteiger partial charge in [0.05, 0.1) is 35.2 Å². The van der Waals surface area contributed by atoms with Gasteiger partial charge < -0.3 is 13.9 Å². The average Bonchev–Trinajstić information content (AvgIpc) is 3.54. The summed E-state index contributed by atoms with van der Waals surface area (Å²) in [5.74, 6) is -0.841. The van der Waals surface area contributed by atoms with E-state index in [1.54, 1.807) is 37.3 Å². The normalized spacial score (nSPS) is 15.2. The summed E-state index contributed by atoms with van der Waals surface area (Å²) in [6.07, 6.45) is 3.20. The Morgan fingerprint density at radius 2 is 1.81 bits per heavy atom. The molecule has 1 aliphatic rings. The lowest BCUT2D eigenvalue weighted by Crippen LogP contribution is -2.39. The summed E-state index contributed by atoms with van der Waals surface area (Å²) in [7, 11) is 1.29. The molecule has 1 aliphatic heterocycles. The second kappa shape index (κ2) is 10.3. The number of hydrogen-bond donors (Lipinski definition) is 0. The minimum absolute atomic E-state index is 0.0795. The van der Waals surface area contributed by atoms with Crippen LogP contribution in [-0.2, 0) is 9.53 Å². The van der Waals surface area contributed by atoms with Gasteiger partial charge in [-0.15, -0.1) is 0 Å². The average molecular weight is 626 g/mol. The summed E-state index contributed by atoms with van der Waals surface area (Å²) in [5, 5.41) is 0. The second-order valence-electron chi connectivity index (χ2n) is 8.06. The van der Waals surface area contributed by atoms with Crippen LogP contribution in [-0.4, -0.2) is 23.6 Å². The van der Waals surface area contributed by atoms with Crippen LogP contribution in [0.25, 0.3) is 6.08 Å². The molecule has 10 heteroatoms. The fourth-order valence-electron chi connectivity index (χ4n) is 3.99. The molecule has 3 heterocycles. The first-order valence-corrected chi connectivity index (χ1v) is 13.0. The van der Waals surface area contributed by atoms with Crippen molar-refractivity contribution in [2.24, 2.45) is 4.99 Å². The number of hydrogen-bond acceptors (Lipinski definition) is 8. The number of nitrogens with zero attached hydrogens (tertiary/aromatic N) is 2. The highest BCUT2D eigenvalue weighted by Crippen LogP contribution is 2.31. The summed E-state index contributed by atoms with van der Waals surface area (Å²) in [6.45, 7) is 1.72. The first-order valence-electron chi connectivity index (χ1n) is 11.1. The smallest absolute Gasteiger partial charge is 0.379 e. The number of benzene rings is 2. The Kier molecular flexibility index (Phi) is 6.94. The molecule has 0 unspecified atom stereocenters. The molecule has 0 aliphatic carbocycles. The third-order valence-electron chi connectivity index (χ3n) is 5.72. The van der Waals surface area contributed by atoms with Gasteiger partial charge in [-0.25, -0.2) is 14.6 Å². The Morgan fingerprint density at radius 1 is 1.08 bits per heavy atom. The molecule has 0 N–H and O–H groups in total. The number of thiazole rings is 1. The molecule has 0 bridgehead atoms. The molecule has 0 saturated carbocycles. The number of aromatic nitrogens is 1. The Morgan fingerprint density at radius 3 is 2.46 bits per heavy atom. The Hall–Kier alpha value is -3.77. The summed E-state index contributed by atoms with van der Waals surface area (Å²) in [6, 6.07) is 16.7. The van der Waals surface area contributed by atoms with E-state index in [0.29, 0.717) is 20.6 Å². The second-order valence-corrected chi connectivity index (χ2v) is 10.3. The van der Waals surface area contributed by atoms with Gasteiger partial charge in [-0.2, -0.15) is 0 Å². The highest BCUT2D eigenvalue weighted by atomic mass is 127. The molecule has 37 heavy (non-hydrogen) atoms. The van der Waals surface area contributed by atoms with E-state index in [4.69, 9.17) is 13.9 Å². The standard InChI is InChI=1S/C27H19IN2O6S/c1-15-22(26(33)34-2)23(17-7-11-19(12-8-17)36-25(32)20-4-3-13-35-20)30-24(31)21(37-27(30)29-15)14-16-5-9-18(28)10-6-16/h3-14,23H,1-2H3/b21-14+/t23-/m1/s1. The molecule has 1 atom stereocenters. The van der Waals surface area contributed by atoms with Crippen LogP contribution in [0.4, 0.5) is 0 Å². The third kappa shape index (κ3) is 4.94. The maximum atomic E-state index is 13.6. The van der Waals surface area contributed by atoms with E-state index in [9.17, 15) is 14.4 Å². The van der Waals surface area contributed by atoms with Crippen molar-refractivity contribution in [3.8, 4) is 5.75 Å². The summed E-state index contributed by atoms with van der Waals surface area (Å²) >= 11 is 3.48. The van der Waals surface area contributed by atoms with Gasteiger partial charge in [-0.3, -0.25) is 9.36 Å². The summed E-state index contributed by atoms with van der Waals surface area (Å²) in [4.78, 5) is 43.7. The van der Waals surface area contributed by atoms with E-state index in [-0.39, 0.29) is 22.6 Å². The fourth-order valence-corrected chi connectivity index (χ4v) is 5.39. The number of furan rings is 1. The van der Waals surface area contributed by atoms with Crippen molar-refractivity contribution in [1.82, 2.24) is 4.57 Å². The van der Waals surface area contributed by atoms with E-state index in [1.807, 2.05) is 30.3 Å². The van der Waals surface area contributed by atoms with Crippen LogP contribution in [0.3, 0.4) is 0 Å². The topological polar surface area (TPSA) is 100 Å². The first-order chi connectivity index (χ1) is 17.9. The highest BCUT2D eigenvalue weighted by molar-refractivity contribution is 14.1. The van der Waals surface area contributed by atoms with Crippen molar-refractivity contribution in [1.29, 1.82) is 0 Å². The van der Waals surface area contributed by atoms with Crippen LogP contribution < -0.4 is 19.6 Å². The number of carbonyl (C=O) groups excluding carboxylic acids is 2. The molecule has 0 saturated heterocycles. The number of carbonyl (C=O) groups is 2. The van der Waals surface area contributed by atoms with Crippen LogP contribution in [0.2, 0.25) is 0 Å². The third-order valence-corrected chi connectivity index (χ3v) is 7.43. The van der Waals surface area contributed by atoms with E-state index in [0.717, 1.165) is 9.13 Å². The zero-order valence-corrected chi connectivity index (χ0v) is 22.6. The Bertz CT molecular complexity index is 1700. The quantitative estimate of drug-likeness (QED) is 0.190. The number of rotatable bonds is 5. The first kappa shape index (κ1) is 24.9. The monoisotopic (exact) mass is 626 g/mol. The summed E-state index contributed by atoms with van der Waals surface area (Å²) in [5.41, 5.74) is 1.97. The van der Waals surface area contributed by atoms with Gasteiger partial charge in [0.15, 0.2) is 4.80 Å². The minimum atomic E-state index is -0.766. The molecule has 2 aromatic carbocycles. The van der Waals surface area contributed by atoms with E-state index < -0.39 is 18.0 Å². The van der Waals surface area contributed by atoms with Crippen LogP contribution in [0, 0.1) is 3.57 Å². The lowest BCUT2D eigenvalue weighted by Gasteiger charge is -2.24. The lowest BCUT2D eigenvalue weighted by atomic mass is 9.96. The molecule has 4 aromatic rings. The van der Waals surface area contributed by atoms with Crippen molar-refractivity contribution in [2.75, 3.05) is 7.11 Å². The maximum absolute atomic E-state index is 13.6. The fraction of sp³-hybridized carbons (Fsp3) is 0.111. The largest absolute Gasteiger partial charge is 0.466 e. The van der Waals surface area contributed by atoms with Gasteiger partial charge in [0.2, 0.25) is 5.76 Å². The maximum Gasteiger partial charge on any atom is 0.379 e. The zero-order valence-electron chi connectivity index (χ0n) is 19.6. The van der Waals surface area contributed by atoms with Crippen LogP contribution in [0.15, 0.2) is 92.4 Å². The van der Waals surface area contributed by atoms with Crippen molar-refractivity contribution >= 4 is 51.9 Å². The van der Waals surface area contributed by atoms with Gasteiger partial charge in [-0.1, -0.05) is 35.6 Å². The van der Waals surface area contributed by atoms with Gasteiger partial charge in [0, 0.05) is 3.57 Å². The van der Waals surface area contributed by atoms with Crippen LogP contribution >= 0.6 is 33.9 Å². The van der Waals surface area contributed by atoms with Gasteiger partial charge in [0.25, 0.3) is 5.56 Å². The minimum Gasteiger partial charge on any atom is -0.466 e. The molecule has 8 nitrogen and oxygen atoms in total. The van der Waals surface area contributed by atoms with Gasteiger partial charge in [-0.05, 0) is 83.1 Å². The molecule has 0 radical (unpaired) electrons. The molecule has 0 amide bonds. The van der Waals surface area contributed by atoms with Crippen molar-refractivity contribution in [3.63, 3.8) is 0 Å². The SMILES string of the molecule is COC(=O)C1=C(C)N=c2s/c(=C/c3ccc(I)cc3)c(=O)n2[C@@H]1c1ccc(OC(=O)c2ccco2)cc1.